The maximum atomic E-state index is 5.87. The molecule has 3 aromatic rings. The first kappa shape index (κ1) is 18.4. The van der Waals surface area contributed by atoms with Crippen molar-refractivity contribution in [1.82, 2.24) is 10.3 Å². The normalized spacial score (nSPS) is 10.7. The summed E-state index contributed by atoms with van der Waals surface area (Å²) >= 11 is 1.75. The van der Waals surface area contributed by atoms with Gasteiger partial charge in [0.05, 0.1) is 12.1 Å². The zero-order valence-corrected chi connectivity index (χ0v) is 16.0. The molecule has 5 heteroatoms. The van der Waals surface area contributed by atoms with Crippen molar-refractivity contribution in [1.29, 1.82) is 0 Å². The summed E-state index contributed by atoms with van der Waals surface area (Å²) in [5.74, 6) is 1.65. The second-order valence-corrected chi connectivity index (χ2v) is 7.36. The molecule has 0 aliphatic heterocycles. The molecular formula is C21H24N2O2S. The van der Waals surface area contributed by atoms with Gasteiger partial charge in [-0.05, 0) is 18.6 Å². The number of hydrogen-bond donors (Lipinski definition) is 1. The van der Waals surface area contributed by atoms with E-state index in [4.69, 9.17) is 9.47 Å². The predicted octanol–water partition coefficient (Wildman–Crippen LogP) is 4.37. The van der Waals surface area contributed by atoms with Crippen LogP contribution in [0.5, 0.6) is 11.5 Å². The largest absolute Gasteiger partial charge is 0.496 e. The molecule has 1 N–H and O–H groups in total. The van der Waals surface area contributed by atoms with Crippen LogP contribution < -0.4 is 14.8 Å². The number of ether oxygens (including phenoxy) is 2. The minimum Gasteiger partial charge on any atom is -0.496 e. The summed E-state index contributed by atoms with van der Waals surface area (Å²) in [6, 6.07) is 16.1. The van der Waals surface area contributed by atoms with Gasteiger partial charge < -0.3 is 14.8 Å². The summed E-state index contributed by atoms with van der Waals surface area (Å²) < 4.78 is 11.4. The van der Waals surface area contributed by atoms with Crippen LogP contribution in [0, 0.1) is 6.92 Å². The molecular weight excluding hydrogens is 344 g/mol. The van der Waals surface area contributed by atoms with Crippen molar-refractivity contribution < 1.29 is 9.47 Å². The summed E-state index contributed by atoms with van der Waals surface area (Å²) in [6.45, 7) is 4.28. The minimum absolute atomic E-state index is 0.550. The summed E-state index contributed by atoms with van der Waals surface area (Å²) in [7, 11) is 1.69. The van der Waals surface area contributed by atoms with E-state index in [1.807, 2.05) is 36.5 Å². The SMILES string of the molecule is COc1cc(OCc2ccccc2)ccc1CNCCc1ncc(C)s1. The molecule has 0 fully saturated rings. The number of nitrogens with zero attached hydrogens (tertiary/aromatic N) is 1. The van der Waals surface area contributed by atoms with E-state index in [0.29, 0.717) is 6.61 Å². The molecule has 136 valence electrons. The lowest BCUT2D eigenvalue weighted by atomic mass is 10.2. The van der Waals surface area contributed by atoms with Gasteiger partial charge >= 0.3 is 0 Å². The molecule has 0 spiro atoms. The molecule has 0 saturated heterocycles. The average Bonchev–Trinajstić information content (AvgIpc) is 3.10. The highest BCUT2D eigenvalue weighted by atomic mass is 32.1. The first-order valence-electron chi connectivity index (χ1n) is 8.70. The van der Waals surface area contributed by atoms with Crippen LogP contribution in [-0.2, 0) is 19.6 Å². The molecule has 1 aromatic heterocycles. The Morgan fingerprint density at radius 3 is 2.69 bits per heavy atom. The Morgan fingerprint density at radius 1 is 1.12 bits per heavy atom. The van der Waals surface area contributed by atoms with E-state index < -0.39 is 0 Å². The van der Waals surface area contributed by atoms with Crippen molar-refractivity contribution in [3.05, 3.63) is 75.7 Å². The van der Waals surface area contributed by atoms with Crippen molar-refractivity contribution in [2.75, 3.05) is 13.7 Å². The highest BCUT2D eigenvalue weighted by Gasteiger charge is 2.06. The van der Waals surface area contributed by atoms with Crippen LogP contribution in [0.15, 0.2) is 54.7 Å². The van der Waals surface area contributed by atoms with Crippen LogP contribution in [0.25, 0.3) is 0 Å². The zero-order valence-electron chi connectivity index (χ0n) is 15.2. The van der Waals surface area contributed by atoms with Crippen molar-refractivity contribution in [3.8, 4) is 11.5 Å². The maximum Gasteiger partial charge on any atom is 0.127 e. The lowest BCUT2D eigenvalue weighted by Crippen LogP contribution is -2.17. The fraction of sp³-hybridized carbons (Fsp3) is 0.286. The second kappa shape index (κ2) is 9.36. The van der Waals surface area contributed by atoms with Crippen LogP contribution >= 0.6 is 11.3 Å². The van der Waals surface area contributed by atoms with Crippen LogP contribution in [0.1, 0.15) is 21.0 Å². The lowest BCUT2D eigenvalue weighted by molar-refractivity contribution is 0.303. The first-order chi connectivity index (χ1) is 12.7. The van der Waals surface area contributed by atoms with Crippen molar-refractivity contribution >= 4 is 11.3 Å². The fourth-order valence-corrected chi connectivity index (χ4v) is 3.42. The van der Waals surface area contributed by atoms with Gasteiger partial charge in [0, 0.05) is 42.2 Å². The molecule has 0 atom stereocenters. The molecule has 26 heavy (non-hydrogen) atoms. The molecule has 0 radical (unpaired) electrons. The molecule has 4 nitrogen and oxygen atoms in total. The summed E-state index contributed by atoms with van der Waals surface area (Å²) in [5, 5.41) is 4.63. The number of aryl methyl sites for hydroxylation is 1. The Morgan fingerprint density at radius 2 is 1.96 bits per heavy atom. The van der Waals surface area contributed by atoms with Gasteiger partial charge in [0.25, 0.3) is 0 Å². The van der Waals surface area contributed by atoms with Gasteiger partial charge in [-0.15, -0.1) is 11.3 Å². The highest BCUT2D eigenvalue weighted by Crippen LogP contribution is 2.25. The van der Waals surface area contributed by atoms with Crippen LogP contribution in [-0.4, -0.2) is 18.6 Å². The van der Waals surface area contributed by atoms with Gasteiger partial charge in [-0.2, -0.15) is 0 Å². The third kappa shape index (κ3) is 5.31. The average molecular weight is 369 g/mol. The molecule has 0 aliphatic carbocycles. The van der Waals surface area contributed by atoms with Crippen molar-refractivity contribution in [2.45, 2.75) is 26.5 Å². The van der Waals surface area contributed by atoms with Crippen LogP contribution in [0.2, 0.25) is 0 Å². The Balaban J connectivity index is 1.51. The van der Waals surface area contributed by atoms with Gasteiger partial charge in [-0.1, -0.05) is 36.4 Å². The molecule has 0 bridgehead atoms. The van der Waals surface area contributed by atoms with Crippen molar-refractivity contribution in [3.63, 3.8) is 0 Å². The first-order valence-corrected chi connectivity index (χ1v) is 9.52. The van der Waals surface area contributed by atoms with Gasteiger partial charge in [-0.3, -0.25) is 0 Å². The number of hydrogen-bond acceptors (Lipinski definition) is 5. The van der Waals surface area contributed by atoms with Crippen molar-refractivity contribution in [2.24, 2.45) is 0 Å². The van der Waals surface area contributed by atoms with Gasteiger partial charge in [0.2, 0.25) is 0 Å². The van der Waals surface area contributed by atoms with Crippen LogP contribution in [0.4, 0.5) is 0 Å². The Labute approximate surface area is 158 Å². The topological polar surface area (TPSA) is 43.4 Å². The Kier molecular flexibility index (Phi) is 6.63. The molecule has 0 saturated carbocycles. The standard InChI is InChI=1S/C21H24N2O2S/c1-16-13-23-21(26-16)10-11-22-14-18-8-9-19(12-20(18)24-2)25-15-17-6-4-3-5-7-17/h3-9,12-13,22H,10-11,14-15H2,1-2H3. The number of nitrogens with one attached hydrogen (secondary N) is 1. The molecule has 0 unspecified atom stereocenters. The monoisotopic (exact) mass is 368 g/mol. The number of methoxy groups -OCH3 is 1. The van der Waals surface area contributed by atoms with E-state index in [0.717, 1.165) is 42.1 Å². The predicted molar refractivity (Wildman–Crippen MR) is 106 cm³/mol. The number of aromatic nitrogens is 1. The fourth-order valence-electron chi connectivity index (χ4n) is 2.64. The lowest BCUT2D eigenvalue weighted by Gasteiger charge is -2.12. The minimum atomic E-state index is 0.550. The molecule has 2 aromatic carbocycles. The van der Waals surface area contributed by atoms with Gasteiger partial charge in [-0.25, -0.2) is 4.98 Å². The molecule has 0 amide bonds. The van der Waals surface area contributed by atoms with Gasteiger partial charge in [0.1, 0.15) is 18.1 Å². The summed E-state index contributed by atoms with van der Waals surface area (Å²) in [5.41, 5.74) is 2.27. The smallest absolute Gasteiger partial charge is 0.127 e. The van der Waals surface area contributed by atoms with E-state index in [1.165, 1.54) is 9.88 Å². The molecule has 0 aliphatic rings. The van der Waals surface area contributed by atoms with E-state index in [1.54, 1.807) is 18.4 Å². The Bertz CT molecular complexity index is 818. The summed E-state index contributed by atoms with van der Waals surface area (Å²) in [6.07, 6.45) is 2.87. The van der Waals surface area contributed by atoms with E-state index in [-0.39, 0.29) is 0 Å². The van der Waals surface area contributed by atoms with E-state index in [9.17, 15) is 0 Å². The van der Waals surface area contributed by atoms with Gasteiger partial charge in [0.15, 0.2) is 0 Å². The molecule has 1 heterocycles. The van der Waals surface area contributed by atoms with E-state index in [2.05, 4.69) is 35.4 Å². The maximum absolute atomic E-state index is 5.87. The zero-order chi connectivity index (χ0) is 18.2. The summed E-state index contributed by atoms with van der Waals surface area (Å²) in [4.78, 5) is 5.65. The van der Waals surface area contributed by atoms with Crippen LogP contribution in [0.3, 0.4) is 0 Å². The molecule has 3 rings (SSSR count). The highest BCUT2D eigenvalue weighted by molar-refractivity contribution is 7.11. The third-order valence-electron chi connectivity index (χ3n) is 4.01. The Hall–Kier alpha value is -2.37. The number of benzene rings is 2. The number of thiazole rings is 1. The quantitative estimate of drug-likeness (QED) is 0.570. The number of rotatable bonds is 9. The third-order valence-corrected chi connectivity index (χ3v) is 4.98. The van der Waals surface area contributed by atoms with E-state index >= 15 is 0 Å². The second-order valence-electron chi connectivity index (χ2n) is 6.04.